The number of morpholine rings is 1. The molecule has 174 valence electrons. The van der Waals surface area contributed by atoms with Crippen LogP contribution in [-0.2, 0) is 25.7 Å². The highest BCUT2D eigenvalue weighted by Crippen LogP contribution is 2.34. The van der Waals surface area contributed by atoms with E-state index in [2.05, 4.69) is 10.3 Å². The van der Waals surface area contributed by atoms with Gasteiger partial charge in [-0.3, -0.25) is 4.79 Å². The van der Waals surface area contributed by atoms with E-state index in [0.717, 1.165) is 17.8 Å². The van der Waals surface area contributed by atoms with Crippen molar-refractivity contribution >= 4 is 56.6 Å². The molecule has 0 saturated carbocycles. The molecule has 1 aromatic heterocycles. The number of benzene rings is 1. The molecule has 1 amide bonds. The molecule has 0 bridgehead atoms. The fraction of sp³-hybridized carbons (Fsp3) is 0.333. The molecule has 1 fully saturated rings. The van der Waals surface area contributed by atoms with Crippen molar-refractivity contribution in [1.82, 2.24) is 9.29 Å². The summed E-state index contributed by atoms with van der Waals surface area (Å²) in [5.74, 6) is -0.815. The molecule has 2 heterocycles. The van der Waals surface area contributed by atoms with Crippen molar-refractivity contribution < 1.29 is 31.1 Å². The summed E-state index contributed by atoms with van der Waals surface area (Å²) in [6.07, 6.45) is -3.95. The number of rotatable bonds is 6. The maximum atomic E-state index is 12.8. The number of halogens is 5. The van der Waals surface area contributed by atoms with Gasteiger partial charge in [0.25, 0.3) is 0 Å². The fourth-order valence-corrected chi connectivity index (χ4v) is 5.30. The smallest absolute Gasteiger partial charge is 0.379 e. The Labute approximate surface area is 196 Å². The van der Waals surface area contributed by atoms with Crippen LogP contribution >= 0.6 is 35.0 Å². The van der Waals surface area contributed by atoms with Gasteiger partial charge in [-0.1, -0.05) is 35.0 Å². The van der Waals surface area contributed by atoms with Crippen LogP contribution in [-0.4, -0.2) is 55.7 Å². The average Bonchev–Trinajstić information content (AvgIpc) is 2.74. The maximum absolute atomic E-state index is 12.8. The SMILES string of the molecule is O=C(CSc1ncc(C(F)(F)F)cc1Cl)Nc1cc(S(=O)(=O)N2CCOCC2)ccc1Cl. The van der Waals surface area contributed by atoms with Crippen molar-refractivity contribution in [2.45, 2.75) is 16.1 Å². The van der Waals surface area contributed by atoms with Crippen molar-refractivity contribution in [3.05, 3.63) is 46.1 Å². The second-order valence-electron chi connectivity index (χ2n) is 6.50. The summed E-state index contributed by atoms with van der Waals surface area (Å²) in [4.78, 5) is 15.9. The Balaban J connectivity index is 1.68. The third-order valence-corrected chi connectivity index (χ3v) is 7.92. The number of alkyl halides is 3. The van der Waals surface area contributed by atoms with Crippen LogP contribution in [0.3, 0.4) is 0 Å². The van der Waals surface area contributed by atoms with E-state index in [0.29, 0.717) is 6.20 Å². The van der Waals surface area contributed by atoms with Crippen LogP contribution in [0.1, 0.15) is 5.56 Å². The topological polar surface area (TPSA) is 88.6 Å². The van der Waals surface area contributed by atoms with Crippen molar-refractivity contribution in [2.75, 3.05) is 37.4 Å². The first kappa shape index (κ1) is 25.1. The highest BCUT2D eigenvalue weighted by atomic mass is 35.5. The van der Waals surface area contributed by atoms with Crippen LogP contribution in [0.2, 0.25) is 10.0 Å². The predicted octanol–water partition coefficient (Wildman–Crippen LogP) is 4.16. The van der Waals surface area contributed by atoms with Gasteiger partial charge in [-0.15, -0.1) is 0 Å². The number of anilines is 1. The molecule has 0 radical (unpaired) electrons. The molecule has 0 unspecified atom stereocenters. The zero-order valence-corrected chi connectivity index (χ0v) is 19.3. The molecule has 32 heavy (non-hydrogen) atoms. The van der Waals surface area contributed by atoms with E-state index in [-0.39, 0.29) is 57.7 Å². The number of carbonyl (C=O) groups is 1. The standard InChI is InChI=1S/C18H16Cl2F3N3O4S2/c19-13-2-1-12(32(28,29)26-3-5-30-6-4-26)8-15(13)25-16(27)10-31-17-14(20)7-11(9-24-17)18(21,22)23/h1-2,7-9H,3-6,10H2,(H,25,27). The van der Waals surface area contributed by atoms with E-state index in [1.54, 1.807) is 0 Å². The predicted molar refractivity (Wildman–Crippen MR) is 115 cm³/mol. The van der Waals surface area contributed by atoms with E-state index >= 15 is 0 Å². The summed E-state index contributed by atoms with van der Waals surface area (Å²) in [6, 6.07) is 4.67. The number of carbonyl (C=O) groups excluding carboxylic acids is 1. The minimum absolute atomic E-state index is 0.0424. The third-order valence-electron chi connectivity index (χ3n) is 4.29. The summed E-state index contributed by atoms with van der Waals surface area (Å²) < 4.78 is 70.1. The van der Waals surface area contributed by atoms with Crippen molar-refractivity contribution in [3.63, 3.8) is 0 Å². The normalized spacial score (nSPS) is 15.5. The molecule has 1 aliphatic rings. The summed E-state index contributed by atoms with van der Waals surface area (Å²) in [7, 11) is -3.80. The fourth-order valence-electron chi connectivity index (χ4n) is 2.70. The van der Waals surface area contributed by atoms with Crippen LogP contribution in [0, 0.1) is 0 Å². The van der Waals surface area contributed by atoms with Crippen LogP contribution in [0.15, 0.2) is 40.4 Å². The zero-order chi connectivity index (χ0) is 23.5. The highest BCUT2D eigenvalue weighted by molar-refractivity contribution is 8.00. The number of sulfonamides is 1. The van der Waals surface area contributed by atoms with E-state index in [1.807, 2.05) is 0 Å². The van der Waals surface area contributed by atoms with Gasteiger partial charge in [0.15, 0.2) is 0 Å². The first-order chi connectivity index (χ1) is 15.0. The van der Waals surface area contributed by atoms with Crippen LogP contribution in [0.5, 0.6) is 0 Å². The molecular formula is C18H16Cl2F3N3O4S2. The number of pyridine rings is 1. The number of ether oxygens (including phenoxy) is 1. The molecular weight excluding hydrogens is 514 g/mol. The van der Waals surface area contributed by atoms with Crippen LogP contribution in [0.25, 0.3) is 0 Å². The second kappa shape index (κ2) is 10.1. The summed E-state index contributed by atoms with van der Waals surface area (Å²) in [6.45, 7) is 0.997. The summed E-state index contributed by atoms with van der Waals surface area (Å²) in [5, 5.41) is 2.43. The number of thioether (sulfide) groups is 1. The van der Waals surface area contributed by atoms with Gasteiger partial charge in [-0.05, 0) is 24.3 Å². The molecule has 1 aliphatic heterocycles. The van der Waals surface area contributed by atoms with Crippen molar-refractivity contribution in [1.29, 1.82) is 0 Å². The minimum Gasteiger partial charge on any atom is -0.379 e. The van der Waals surface area contributed by atoms with Gasteiger partial charge in [-0.2, -0.15) is 17.5 Å². The van der Waals surface area contributed by atoms with Gasteiger partial charge in [-0.25, -0.2) is 13.4 Å². The molecule has 1 aromatic carbocycles. The summed E-state index contributed by atoms with van der Waals surface area (Å²) in [5.41, 5.74) is -0.917. The van der Waals surface area contributed by atoms with E-state index in [9.17, 15) is 26.4 Å². The lowest BCUT2D eigenvalue weighted by atomic mass is 10.3. The van der Waals surface area contributed by atoms with E-state index < -0.39 is 27.7 Å². The molecule has 7 nitrogen and oxygen atoms in total. The molecule has 1 N–H and O–H groups in total. The number of aromatic nitrogens is 1. The molecule has 1 saturated heterocycles. The monoisotopic (exact) mass is 529 g/mol. The number of nitrogens with zero attached hydrogens (tertiary/aromatic N) is 2. The second-order valence-corrected chi connectivity index (χ2v) is 10.2. The van der Waals surface area contributed by atoms with Gasteiger partial charge in [0.2, 0.25) is 15.9 Å². The van der Waals surface area contributed by atoms with Crippen molar-refractivity contribution in [2.24, 2.45) is 0 Å². The molecule has 14 heteroatoms. The Morgan fingerprint density at radius 3 is 2.50 bits per heavy atom. The lowest BCUT2D eigenvalue weighted by Crippen LogP contribution is -2.40. The number of hydrogen-bond acceptors (Lipinski definition) is 6. The first-order valence-corrected chi connectivity index (χ1v) is 12.2. The largest absolute Gasteiger partial charge is 0.417 e. The molecule has 0 aliphatic carbocycles. The van der Waals surface area contributed by atoms with Crippen molar-refractivity contribution in [3.8, 4) is 0 Å². The van der Waals surface area contributed by atoms with Crippen LogP contribution in [0.4, 0.5) is 18.9 Å². The summed E-state index contributed by atoms with van der Waals surface area (Å²) >= 11 is 12.7. The Bertz CT molecular complexity index is 1110. The van der Waals surface area contributed by atoms with Crippen LogP contribution < -0.4 is 5.32 Å². The van der Waals surface area contributed by atoms with Gasteiger partial charge in [0.05, 0.1) is 45.2 Å². The highest BCUT2D eigenvalue weighted by Gasteiger charge is 2.31. The van der Waals surface area contributed by atoms with Gasteiger partial charge in [0.1, 0.15) is 5.03 Å². The molecule has 2 aromatic rings. The third kappa shape index (κ3) is 6.06. The Hall–Kier alpha value is -1.57. The van der Waals surface area contributed by atoms with Gasteiger partial charge >= 0.3 is 6.18 Å². The van der Waals surface area contributed by atoms with E-state index in [4.69, 9.17) is 27.9 Å². The molecule has 0 spiro atoms. The lowest BCUT2D eigenvalue weighted by molar-refractivity contribution is -0.137. The Kier molecular flexibility index (Phi) is 7.94. The van der Waals surface area contributed by atoms with E-state index in [1.165, 1.54) is 22.5 Å². The number of nitrogens with one attached hydrogen (secondary N) is 1. The minimum atomic E-state index is -4.58. The lowest BCUT2D eigenvalue weighted by Gasteiger charge is -2.26. The Morgan fingerprint density at radius 1 is 1.19 bits per heavy atom. The molecule has 3 rings (SSSR count). The first-order valence-electron chi connectivity index (χ1n) is 9.01. The average molecular weight is 530 g/mol. The quantitative estimate of drug-likeness (QED) is 0.565. The molecule has 0 atom stereocenters. The van der Waals surface area contributed by atoms with Gasteiger partial charge < -0.3 is 10.1 Å². The number of amides is 1. The van der Waals surface area contributed by atoms with Gasteiger partial charge in [0, 0.05) is 19.3 Å². The zero-order valence-electron chi connectivity index (χ0n) is 16.2. The number of hydrogen-bond donors (Lipinski definition) is 1. The maximum Gasteiger partial charge on any atom is 0.417 e. The Morgan fingerprint density at radius 2 is 1.88 bits per heavy atom.